The zero-order chi connectivity index (χ0) is 38.4. The fourth-order valence-corrected chi connectivity index (χ4v) is 8.93. The normalized spacial score (nSPS) is 11.4. The summed E-state index contributed by atoms with van der Waals surface area (Å²) in [6, 6.07) is 84.5. The van der Waals surface area contributed by atoms with Gasteiger partial charge in [-0.25, -0.2) is 0 Å². The quantitative estimate of drug-likeness (QED) is 0.149. The molecular weight excluding hydrogens is 697 g/mol. The Morgan fingerprint density at radius 3 is 0.879 bits per heavy atom. The molecule has 0 nitrogen and oxygen atoms in total. The first-order valence-electron chi connectivity index (χ1n) is 20.1. The van der Waals surface area contributed by atoms with Crippen LogP contribution in [0, 0.1) is 0 Å². The van der Waals surface area contributed by atoms with Crippen molar-refractivity contribution in [1.82, 2.24) is 0 Å². The second-order valence-corrected chi connectivity index (χ2v) is 15.3. The Balaban J connectivity index is 0.971. The van der Waals surface area contributed by atoms with E-state index in [1.165, 1.54) is 110 Å². The average Bonchev–Trinajstić information content (AvgIpc) is 3.30. The predicted octanol–water partition coefficient (Wildman–Crippen LogP) is 16.3. The van der Waals surface area contributed by atoms with Crippen LogP contribution < -0.4 is 0 Å². The molecule has 11 rings (SSSR count). The maximum Gasteiger partial charge on any atom is -0.00262 e. The molecule has 0 spiro atoms. The van der Waals surface area contributed by atoms with Crippen molar-refractivity contribution in [2.24, 2.45) is 0 Å². The Morgan fingerprint density at radius 1 is 0.155 bits per heavy atom. The van der Waals surface area contributed by atoms with Crippen LogP contribution in [0.2, 0.25) is 0 Å². The van der Waals surface area contributed by atoms with Crippen LogP contribution in [0.1, 0.15) is 0 Å². The molecule has 58 heavy (non-hydrogen) atoms. The molecule has 0 saturated carbocycles. The van der Waals surface area contributed by atoms with Gasteiger partial charge in [0, 0.05) is 0 Å². The highest BCUT2D eigenvalue weighted by Crippen LogP contribution is 2.44. The molecule has 0 heteroatoms. The Hall–Kier alpha value is -7.54. The van der Waals surface area contributed by atoms with Crippen LogP contribution >= 0.6 is 0 Å². The minimum absolute atomic E-state index is 1.21. The first-order valence-corrected chi connectivity index (χ1v) is 20.1. The zero-order valence-electron chi connectivity index (χ0n) is 31.9. The molecule has 0 aliphatic rings. The second-order valence-electron chi connectivity index (χ2n) is 15.3. The molecule has 0 radical (unpaired) electrons. The summed E-state index contributed by atoms with van der Waals surface area (Å²) in [6.07, 6.45) is 0. The molecule has 270 valence electrons. The van der Waals surface area contributed by atoms with Gasteiger partial charge in [0.1, 0.15) is 0 Å². The summed E-state index contributed by atoms with van der Waals surface area (Å²) in [5.74, 6) is 0. The molecule has 0 aliphatic heterocycles. The summed E-state index contributed by atoms with van der Waals surface area (Å²) < 4.78 is 0. The fourth-order valence-electron chi connectivity index (χ4n) is 8.93. The minimum Gasteiger partial charge on any atom is -0.0622 e. The van der Waals surface area contributed by atoms with E-state index in [0.29, 0.717) is 0 Å². The first-order chi connectivity index (χ1) is 28.7. The summed E-state index contributed by atoms with van der Waals surface area (Å²) in [6.45, 7) is 0. The molecule has 11 aromatic carbocycles. The van der Waals surface area contributed by atoms with E-state index in [-0.39, 0.29) is 0 Å². The van der Waals surface area contributed by atoms with E-state index in [0.717, 1.165) is 0 Å². The number of benzene rings is 11. The molecule has 11 aromatic rings. The fraction of sp³-hybridized carbons (Fsp3) is 0. The predicted molar refractivity (Wildman–Crippen MR) is 249 cm³/mol. The van der Waals surface area contributed by atoms with E-state index in [1.807, 2.05) is 0 Å². The van der Waals surface area contributed by atoms with Crippen molar-refractivity contribution >= 4 is 43.1 Å². The van der Waals surface area contributed by atoms with Gasteiger partial charge in [-0.1, -0.05) is 194 Å². The minimum atomic E-state index is 1.21. The third-order valence-electron chi connectivity index (χ3n) is 11.8. The highest BCUT2D eigenvalue weighted by molar-refractivity contribution is 6.21. The second kappa shape index (κ2) is 14.2. The lowest BCUT2D eigenvalue weighted by atomic mass is 9.85. The number of rotatable bonds is 6. The lowest BCUT2D eigenvalue weighted by molar-refractivity contribution is 1.58. The Morgan fingerprint density at radius 2 is 0.448 bits per heavy atom. The smallest absolute Gasteiger partial charge is 0.00262 e. The van der Waals surface area contributed by atoms with Crippen molar-refractivity contribution in [3.8, 4) is 66.8 Å². The van der Waals surface area contributed by atoms with E-state index in [2.05, 4.69) is 231 Å². The summed E-state index contributed by atoms with van der Waals surface area (Å²) >= 11 is 0. The SMILES string of the molecule is c1ccc(-c2cccc(-c3cccc(-c4ccc5ccc(-c6ccc7ccc(-c8c9ccccc9c(-c9ccccc9)c9ccccc89)cc7c6)cc5c4)c3)c2)cc1. The van der Waals surface area contributed by atoms with Gasteiger partial charge in [0.25, 0.3) is 0 Å². The van der Waals surface area contributed by atoms with Crippen LogP contribution in [0.15, 0.2) is 231 Å². The van der Waals surface area contributed by atoms with Crippen LogP contribution in [0.3, 0.4) is 0 Å². The van der Waals surface area contributed by atoms with Gasteiger partial charge >= 0.3 is 0 Å². The highest BCUT2D eigenvalue weighted by Gasteiger charge is 2.17. The zero-order valence-corrected chi connectivity index (χ0v) is 31.9. The summed E-state index contributed by atoms with van der Waals surface area (Å²) in [4.78, 5) is 0. The molecule has 0 heterocycles. The highest BCUT2D eigenvalue weighted by atomic mass is 14.2. The van der Waals surface area contributed by atoms with Crippen LogP contribution in [-0.2, 0) is 0 Å². The molecule has 0 N–H and O–H groups in total. The van der Waals surface area contributed by atoms with E-state index < -0.39 is 0 Å². The molecule has 0 atom stereocenters. The summed E-state index contributed by atoms with van der Waals surface area (Å²) in [5.41, 5.74) is 14.8. The van der Waals surface area contributed by atoms with Gasteiger partial charge in [0.2, 0.25) is 0 Å². The first kappa shape index (κ1) is 33.8. The molecule has 0 unspecified atom stereocenters. The van der Waals surface area contributed by atoms with Crippen molar-refractivity contribution in [2.45, 2.75) is 0 Å². The van der Waals surface area contributed by atoms with Gasteiger partial charge in [-0.2, -0.15) is 0 Å². The van der Waals surface area contributed by atoms with E-state index >= 15 is 0 Å². The van der Waals surface area contributed by atoms with Crippen LogP contribution in [0.25, 0.3) is 110 Å². The Kier molecular flexibility index (Phi) is 8.26. The number of hydrogen-bond acceptors (Lipinski definition) is 0. The lowest BCUT2D eigenvalue weighted by Crippen LogP contribution is -1.91. The van der Waals surface area contributed by atoms with Crippen LogP contribution in [-0.4, -0.2) is 0 Å². The van der Waals surface area contributed by atoms with Gasteiger partial charge < -0.3 is 0 Å². The maximum absolute atomic E-state index is 2.39. The molecule has 0 saturated heterocycles. The van der Waals surface area contributed by atoms with Gasteiger partial charge in [-0.3, -0.25) is 0 Å². The van der Waals surface area contributed by atoms with E-state index in [9.17, 15) is 0 Å². The third kappa shape index (κ3) is 6.04. The van der Waals surface area contributed by atoms with E-state index in [1.54, 1.807) is 0 Å². The number of hydrogen-bond donors (Lipinski definition) is 0. The van der Waals surface area contributed by atoms with Gasteiger partial charge in [0.15, 0.2) is 0 Å². The lowest BCUT2D eigenvalue weighted by Gasteiger charge is -2.18. The number of fused-ring (bicyclic) bond motifs is 4. The van der Waals surface area contributed by atoms with Crippen molar-refractivity contribution in [3.63, 3.8) is 0 Å². The Labute approximate surface area is 339 Å². The van der Waals surface area contributed by atoms with E-state index in [4.69, 9.17) is 0 Å². The molecule has 0 fully saturated rings. The van der Waals surface area contributed by atoms with Crippen molar-refractivity contribution < 1.29 is 0 Å². The van der Waals surface area contributed by atoms with Gasteiger partial charge in [-0.05, 0) is 146 Å². The van der Waals surface area contributed by atoms with Crippen LogP contribution in [0.4, 0.5) is 0 Å². The maximum atomic E-state index is 2.39. The van der Waals surface area contributed by atoms with Gasteiger partial charge in [0.05, 0.1) is 0 Å². The molecular formula is C58H38. The van der Waals surface area contributed by atoms with Crippen LogP contribution in [0.5, 0.6) is 0 Å². The topological polar surface area (TPSA) is 0 Å². The third-order valence-corrected chi connectivity index (χ3v) is 11.8. The molecule has 0 bridgehead atoms. The molecule has 0 amide bonds. The Bertz CT molecular complexity index is 3260. The summed E-state index contributed by atoms with van der Waals surface area (Å²) in [5, 5.41) is 10.0. The standard InChI is InChI=1S/C58H38/c1-3-13-39(14-4-1)43-17-11-18-44(33-43)45-19-12-20-46(34-45)47-29-25-40-26-30-48(36-51(40)35-47)49-31-27-41-28-32-50(38-52(41)37-49)58-55-23-9-7-21-53(55)57(42-15-5-2-6-16-42)54-22-8-10-24-56(54)58/h1-38H. The van der Waals surface area contributed by atoms with Crippen molar-refractivity contribution in [1.29, 1.82) is 0 Å². The molecule has 0 aromatic heterocycles. The van der Waals surface area contributed by atoms with Crippen molar-refractivity contribution in [2.75, 3.05) is 0 Å². The molecule has 0 aliphatic carbocycles. The summed E-state index contributed by atoms with van der Waals surface area (Å²) in [7, 11) is 0. The average molecular weight is 735 g/mol. The largest absolute Gasteiger partial charge is 0.0622 e. The van der Waals surface area contributed by atoms with Gasteiger partial charge in [-0.15, -0.1) is 0 Å². The monoisotopic (exact) mass is 734 g/mol. The van der Waals surface area contributed by atoms with Crippen molar-refractivity contribution in [3.05, 3.63) is 231 Å².